The van der Waals surface area contributed by atoms with E-state index in [9.17, 15) is 0 Å². The number of rotatable bonds is 2. The maximum absolute atomic E-state index is 5.99. The van der Waals surface area contributed by atoms with Crippen LogP contribution in [-0.4, -0.2) is 12.0 Å². The molecule has 2 fully saturated rings. The first-order valence-electron chi connectivity index (χ1n) is 6.85. The molecular formula is C15H21N3. The van der Waals surface area contributed by atoms with Crippen LogP contribution in [0.3, 0.4) is 0 Å². The number of nitrogens with two attached hydrogens (primary N) is 1. The SMILES string of the molecule is Cc1cccc(NC(N)=NC2CC23CCCC3)c1. The summed E-state index contributed by atoms with van der Waals surface area (Å²) in [6.45, 7) is 2.08. The largest absolute Gasteiger partial charge is 0.370 e. The molecular weight excluding hydrogens is 222 g/mol. The van der Waals surface area contributed by atoms with Crippen molar-refractivity contribution >= 4 is 11.6 Å². The number of hydrogen-bond donors (Lipinski definition) is 2. The van der Waals surface area contributed by atoms with Crippen molar-refractivity contribution < 1.29 is 0 Å². The Kier molecular flexibility index (Phi) is 2.77. The van der Waals surface area contributed by atoms with Crippen LogP contribution >= 0.6 is 0 Å². The van der Waals surface area contributed by atoms with E-state index in [1.165, 1.54) is 37.7 Å². The fourth-order valence-corrected chi connectivity index (χ4v) is 3.20. The number of aryl methyl sites for hydroxylation is 1. The molecule has 1 atom stereocenters. The maximum atomic E-state index is 5.99. The number of hydrogen-bond acceptors (Lipinski definition) is 1. The minimum atomic E-state index is 0.470. The number of guanidine groups is 1. The van der Waals surface area contributed by atoms with Gasteiger partial charge >= 0.3 is 0 Å². The first-order valence-corrected chi connectivity index (χ1v) is 6.85. The van der Waals surface area contributed by atoms with Crippen molar-refractivity contribution in [1.29, 1.82) is 0 Å². The van der Waals surface area contributed by atoms with E-state index in [-0.39, 0.29) is 0 Å². The quantitative estimate of drug-likeness (QED) is 0.619. The molecule has 0 aromatic heterocycles. The highest BCUT2D eigenvalue weighted by atomic mass is 15.1. The summed E-state index contributed by atoms with van der Waals surface area (Å²) < 4.78 is 0. The van der Waals surface area contributed by atoms with E-state index in [2.05, 4.69) is 29.4 Å². The fraction of sp³-hybridized carbons (Fsp3) is 0.533. The third-order valence-corrected chi connectivity index (χ3v) is 4.33. The predicted molar refractivity (Wildman–Crippen MR) is 75.7 cm³/mol. The van der Waals surface area contributed by atoms with E-state index in [0.29, 0.717) is 17.4 Å². The topological polar surface area (TPSA) is 50.4 Å². The summed E-state index contributed by atoms with van der Waals surface area (Å²) in [6, 6.07) is 8.68. The summed E-state index contributed by atoms with van der Waals surface area (Å²) in [7, 11) is 0. The highest BCUT2D eigenvalue weighted by Gasteiger charge is 2.55. The van der Waals surface area contributed by atoms with Crippen LogP contribution < -0.4 is 11.1 Å². The lowest BCUT2D eigenvalue weighted by atomic mass is 10.1. The van der Waals surface area contributed by atoms with Gasteiger partial charge in [0.25, 0.3) is 0 Å². The van der Waals surface area contributed by atoms with Gasteiger partial charge in [0, 0.05) is 5.69 Å². The molecule has 2 aliphatic rings. The van der Waals surface area contributed by atoms with Crippen molar-refractivity contribution in [3.63, 3.8) is 0 Å². The number of nitrogens with zero attached hydrogens (tertiary/aromatic N) is 1. The van der Waals surface area contributed by atoms with Crippen molar-refractivity contribution in [3.8, 4) is 0 Å². The monoisotopic (exact) mass is 243 g/mol. The Morgan fingerprint density at radius 3 is 2.89 bits per heavy atom. The van der Waals surface area contributed by atoms with Gasteiger partial charge in [-0.15, -0.1) is 0 Å². The Bertz CT molecular complexity index is 472. The molecule has 0 saturated heterocycles. The van der Waals surface area contributed by atoms with Crippen molar-refractivity contribution in [2.75, 3.05) is 5.32 Å². The van der Waals surface area contributed by atoms with Crippen molar-refractivity contribution in [2.24, 2.45) is 16.1 Å². The minimum Gasteiger partial charge on any atom is -0.370 e. The lowest BCUT2D eigenvalue weighted by molar-refractivity contribution is 0.511. The molecule has 0 aliphatic heterocycles. The van der Waals surface area contributed by atoms with Gasteiger partial charge in [0.1, 0.15) is 0 Å². The lowest BCUT2D eigenvalue weighted by Gasteiger charge is -2.08. The maximum Gasteiger partial charge on any atom is 0.193 e. The highest BCUT2D eigenvalue weighted by Crippen LogP contribution is 2.59. The molecule has 0 amide bonds. The molecule has 1 aromatic rings. The van der Waals surface area contributed by atoms with Gasteiger partial charge in [0.15, 0.2) is 5.96 Å². The Morgan fingerprint density at radius 2 is 2.17 bits per heavy atom. The third-order valence-electron chi connectivity index (χ3n) is 4.33. The standard InChI is InChI=1S/C15H21N3/c1-11-5-4-6-12(9-11)17-14(16)18-13-10-15(13)7-2-3-8-15/h4-6,9,13H,2-3,7-8,10H2,1H3,(H3,16,17,18). The second kappa shape index (κ2) is 4.30. The Morgan fingerprint density at radius 1 is 1.39 bits per heavy atom. The Labute approximate surface area is 108 Å². The molecule has 2 saturated carbocycles. The molecule has 0 radical (unpaired) electrons. The summed E-state index contributed by atoms with van der Waals surface area (Å²) in [5.41, 5.74) is 8.77. The van der Waals surface area contributed by atoms with E-state index in [1.54, 1.807) is 0 Å². The second-order valence-electron chi connectivity index (χ2n) is 5.80. The molecule has 0 bridgehead atoms. The molecule has 3 heteroatoms. The summed E-state index contributed by atoms with van der Waals surface area (Å²) in [4.78, 5) is 4.63. The number of aliphatic imine (C=N–C) groups is 1. The van der Waals surface area contributed by atoms with E-state index in [4.69, 9.17) is 5.73 Å². The number of anilines is 1. The van der Waals surface area contributed by atoms with Gasteiger partial charge in [-0.1, -0.05) is 25.0 Å². The molecule has 18 heavy (non-hydrogen) atoms. The van der Waals surface area contributed by atoms with Crippen LogP contribution in [0.25, 0.3) is 0 Å². The van der Waals surface area contributed by atoms with Gasteiger partial charge in [-0.2, -0.15) is 0 Å². The van der Waals surface area contributed by atoms with Gasteiger partial charge in [0.2, 0.25) is 0 Å². The van der Waals surface area contributed by atoms with Crippen LogP contribution in [-0.2, 0) is 0 Å². The van der Waals surface area contributed by atoms with E-state index in [0.717, 1.165) is 5.69 Å². The fourth-order valence-electron chi connectivity index (χ4n) is 3.20. The zero-order valence-electron chi connectivity index (χ0n) is 10.9. The Hall–Kier alpha value is -1.51. The molecule has 1 spiro atoms. The first-order chi connectivity index (χ1) is 8.68. The lowest BCUT2D eigenvalue weighted by Crippen LogP contribution is -2.23. The van der Waals surface area contributed by atoms with E-state index >= 15 is 0 Å². The van der Waals surface area contributed by atoms with Crippen molar-refractivity contribution in [3.05, 3.63) is 29.8 Å². The van der Waals surface area contributed by atoms with Gasteiger partial charge in [-0.25, -0.2) is 4.99 Å². The first kappa shape index (κ1) is 11.6. The zero-order valence-corrected chi connectivity index (χ0v) is 10.9. The van der Waals surface area contributed by atoms with Gasteiger partial charge < -0.3 is 11.1 Å². The van der Waals surface area contributed by atoms with Gasteiger partial charge in [0.05, 0.1) is 6.04 Å². The number of benzene rings is 1. The van der Waals surface area contributed by atoms with Crippen LogP contribution in [0.2, 0.25) is 0 Å². The van der Waals surface area contributed by atoms with Gasteiger partial charge in [-0.3, -0.25) is 0 Å². The highest BCUT2D eigenvalue weighted by molar-refractivity contribution is 5.92. The molecule has 2 aliphatic carbocycles. The molecule has 1 unspecified atom stereocenters. The van der Waals surface area contributed by atoms with E-state index in [1.807, 2.05) is 12.1 Å². The van der Waals surface area contributed by atoms with Crippen LogP contribution in [0, 0.1) is 12.3 Å². The number of nitrogens with one attached hydrogen (secondary N) is 1. The summed E-state index contributed by atoms with van der Waals surface area (Å²) in [6.07, 6.45) is 6.68. The molecule has 0 heterocycles. The third kappa shape index (κ3) is 2.22. The minimum absolute atomic E-state index is 0.470. The van der Waals surface area contributed by atoms with Crippen molar-refractivity contribution in [2.45, 2.75) is 45.1 Å². The predicted octanol–water partition coefficient (Wildman–Crippen LogP) is 3.05. The van der Waals surface area contributed by atoms with Crippen LogP contribution in [0.1, 0.15) is 37.7 Å². The normalized spacial score (nSPS) is 25.4. The summed E-state index contributed by atoms with van der Waals surface area (Å²) in [5.74, 6) is 0.564. The molecule has 1 aromatic carbocycles. The summed E-state index contributed by atoms with van der Waals surface area (Å²) >= 11 is 0. The Balaban J connectivity index is 1.63. The zero-order chi connectivity index (χ0) is 12.6. The smallest absolute Gasteiger partial charge is 0.193 e. The average molecular weight is 243 g/mol. The summed E-state index contributed by atoms with van der Waals surface area (Å²) in [5, 5.41) is 3.19. The van der Waals surface area contributed by atoms with Crippen LogP contribution in [0.5, 0.6) is 0 Å². The van der Waals surface area contributed by atoms with E-state index < -0.39 is 0 Å². The molecule has 3 N–H and O–H groups in total. The molecule has 3 nitrogen and oxygen atoms in total. The van der Waals surface area contributed by atoms with Crippen molar-refractivity contribution in [1.82, 2.24) is 0 Å². The molecule has 3 rings (SSSR count). The average Bonchev–Trinajstić information content (AvgIpc) is 2.76. The van der Waals surface area contributed by atoms with Crippen LogP contribution in [0.15, 0.2) is 29.3 Å². The second-order valence-corrected chi connectivity index (χ2v) is 5.80. The van der Waals surface area contributed by atoms with Crippen LogP contribution in [0.4, 0.5) is 5.69 Å². The van der Waals surface area contributed by atoms with Gasteiger partial charge in [-0.05, 0) is 49.3 Å². The molecule has 96 valence electrons.